The highest BCUT2D eigenvalue weighted by atomic mass is 16.4. The fourth-order valence-electron chi connectivity index (χ4n) is 5.71. The van der Waals surface area contributed by atoms with Crippen LogP contribution in [-0.2, 0) is 32.0 Å². The normalized spacial score (nSPS) is 20.7. The molecule has 1 aromatic carbocycles. The summed E-state index contributed by atoms with van der Waals surface area (Å²) in [5.41, 5.74) is 8.85. The number of para-hydroxylation sites is 1. The number of hydrogen-bond acceptors (Lipinski definition) is 6. The summed E-state index contributed by atoms with van der Waals surface area (Å²) >= 11 is 0. The summed E-state index contributed by atoms with van der Waals surface area (Å²) in [7, 11) is 0. The largest absolute Gasteiger partial charge is 0.480 e. The van der Waals surface area contributed by atoms with Crippen molar-refractivity contribution < 1.29 is 24.3 Å². The van der Waals surface area contributed by atoms with Crippen molar-refractivity contribution in [1.29, 1.82) is 0 Å². The van der Waals surface area contributed by atoms with Gasteiger partial charge in [0, 0.05) is 48.5 Å². The molecule has 4 heterocycles. The summed E-state index contributed by atoms with van der Waals surface area (Å²) in [6.07, 6.45) is 7.34. The van der Waals surface area contributed by atoms with Crippen LogP contribution in [0.3, 0.4) is 0 Å². The molecule has 39 heavy (non-hydrogen) atoms. The van der Waals surface area contributed by atoms with E-state index in [2.05, 4.69) is 20.3 Å². The number of hydrogen-bond donors (Lipinski definition) is 5. The van der Waals surface area contributed by atoms with Gasteiger partial charge in [-0.05, 0) is 43.7 Å². The van der Waals surface area contributed by atoms with E-state index < -0.39 is 42.0 Å². The summed E-state index contributed by atoms with van der Waals surface area (Å²) in [5, 5.41) is 13.4. The summed E-state index contributed by atoms with van der Waals surface area (Å²) in [4.78, 5) is 64.9. The number of aliphatic carboxylic acids is 1. The molecule has 0 spiro atoms. The number of carbonyl (C=O) groups is 4. The molecule has 4 atom stereocenters. The summed E-state index contributed by atoms with van der Waals surface area (Å²) in [6.45, 7) is 0.701. The number of nitrogens with two attached hydrogens (primary N) is 1. The number of H-pyrrole nitrogens is 2. The van der Waals surface area contributed by atoms with Crippen LogP contribution < -0.4 is 11.1 Å². The third-order valence-corrected chi connectivity index (χ3v) is 7.68. The second-order valence-electron chi connectivity index (χ2n) is 10.2. The van der Waals surface area contributed by atoms with E-state index in [0.29, 0.717) is 50.9 Å². The van der Waals surface area contributed by atoms with Crippen LogP contribution in [0, 0.1) is 0 Å². The Balaban J connectivity index is 1.29. The average Bonchev–Trinajstić information content (AvgIpc) is 3.74. The minimum absolute atomic E-state index is 0.119. The van der Waals surface area contributed by atoms with E-state index in [-0.39, 0.29) is 12.3 Å². The van der Waals surface area contributed by atoms with Crippen molar-refractivity contribution in [1.82, 2.24) is 30.1 Å². The lowest BCUT2D eigenvalue weighted by atomic mass is 10.0. The first-order valence-corrected chi connectivity index (χ1v) is 13.3. The van der Waals surface area contributed by atoms with Gasteiger partial charge in [0.05, 0.1) is 12.4 Å². The molecule has 6 N–H and O–H groups in total. The maximum Gasteiger partial charge on any atom is 0.326 e. The number of imidazole rings is 1. The zero-order chi connectivity index (χ0) is 27.5. The lowest BCUT2D eigenvalue weighted by Crippen LogP contribution is -2.57. The molecule has 5 rings (SSSR count). The molecule has 3 amide bonds. The van der Waals surface area contributed by atoms with Crippen molar-refractivity contribution in [2.24, 2.45) is 5.73 Å². The van der Waals surface area contributed by atoms with Gasteiger partial charge in [-0.25, -0.2) is 9.78 Å². The minimum atomic E-state index is -1.07. The molecule has 2 aromatic heterocycles. The Morgan fingerprint density at radius 1 is 1.03 bits per heavy atom. The standard InChI is InChI=1S/C27H33N7O5/c28-19(11-16-13-30-20-6-2-1-5-18(16)20)25(36)33-9-3-7-22(33)24(35)32-21(12-17-14-29-15-31-17)26(37)34-10-4-8-23(34)27(38)39/h1-2,5-6,13-15,19,21-23,30H,3-4,7-12,28H2,(H,29,31)(H,32,35)(H,38,39). The fraction of sp³-hybridized carbons (Fsp3) is 0.444. The molecule has 0 bridgehead atoms. The Morgan fingerprint density at radius 3 is 2.46 bits per heavy atom. The van der Waals surface area contributed by atoms with Crippen LogP contribution in [0.2, 0.25) is 0 Å². The molecule has 12 heteroatoms. The number of nitrogens with zero attached hydrogens (tertiary/aromatic N) is 3. The average molecular weight is 536 g/mol. The van der Waals surface area contributed by atoms with Gasteiger partial charge in [0.2, 0.25) is 17.7 Å². The van der Waals surface area contributed by atoms with Gasteiger partial charge in [-0.2, -0.15) is 0 Å². The molecular formula is C27H33N7O5. The van der Waals surface area contributed by atoms with Crippen LogP contribution in [-0.4, -0.2) is 90.8 Å². The van der Waals surface area contributed by atoms with Crippen molar-refractivity contribution in [3.8, 4) is 0 Å². The van der Waals surface area contributed by atoms with Gasteiger partial charge in [0.1, 0.15) is 18.1 Å². The third-order valence-electron chi connectivity index (χ3n) is 7.68. The van der Waals surface area contributed by atoms with Gasteiger partial charge in [0.15, 0.2) is 0 Å². The van der Waals surface area contributed by atoms with E-state index >= 15 is 0 Å². The van der Waals surface area contributed by atoms with Crippen LogP contribution in [0.1, 0.15) is 36.9 Å². The van der Waals surface area contributed by atoms with E-state index in [1.807, 2.05) is 30.5 Å². The highest BCUT2D eigenvalue weighted by molar-refractivity contribution is 5.95. The van der Waals surface area contributed by atoms with Gasteiger partial charge in [-0.3, -0.25) is 14.4 Å². The van der Waals surface area contributed by atoms with E-state index in [4.69, 9.17) is 5.73 Å². The van der Waals surface area contributed by atoms with E-state index in [1.165, 1.54) is 16.1 Å². The maximum absolute atomic E-state index is 13.5. The van der Waals surface area contributed by atoms with Gasteiger partial charge in [-0.15, -0.1) is 0 Å². The molecule has 2 aliphatic rings. The predicted molar refractivity (Wildman–Crippen MR) is 141 cm³/mol. The molecule has 0 saturated carbocycles. The molecule has 0 radical (unpaired) electrons. The molecule has 3 aromatic rings. The monoisotopic (exact) mass is 535 g/mol. The number of aromatic nitrogens is 3. The van der Waals surface area contributed by atoms with Gasteiger partial charge in [-0.1, -0.05) is 18.2 Å². The number of aromatic amines is 2. The zero-order valence-corrected chi connectivity index (χ0v) is 21.5. The number of carboxylic acid groups (broad SMARTS) is 1. The Labute approximate surface area is 224 Å². The maximum atomic E-state index is 13.5. The Hall–Kier alpha value is -4.19. The van der Waals surface area contributed by atoms with Crippen LogP contribution >= 0.6 is 0 Å². The lowest BCUT2D eigenvalue weighted by Gasteiger charge is -2.30. The highest BCUT2D eigenvalue weighted by Gasteiger charge is 2.41. The topological polar surface area (TPSA) is 178 Å². The Bertz CT molecular complexity index is 1350. The molecular weight excluding hydrogens is 502 g/mol. The van der Waals surface area contributed by atoms with Crippen molar-refractivity contribution in [2.75, 3.05) is 13.1 Å². The molecule has 206 valence electrons. The number of amides is 3. The number of carbonyl (C=O) groups excluding carboxylic acids is 3. The number of fused-ring (bicyclic) bond motifs is 1. The summed E-state index contributed by atoms with van der Waals surface area (Å²) in [5.74, 6) is -2.30. The van der Waals surface area contributed by atoms with Crippen molar-refractivity contribution >= 4 is 34.6 Å². The van der Waals surface area contributed by atoms with Gasteiger partial charge < -0.3 is 35.9 Å². The van der Waals surface area contributed by atoms with Crippen LogP contribution in [0.15, 0.2) is 43.0 Å². The van der Waals surface area contributed by atoms with E-state index in [0.717, 1.165) is 16.5 Å². The van der Waals surface area contributed by atoms with Crippen molar-refractivity contribution in [2.45, 2.75) is 62.7 Å². The third kappa shape index (κ3) is 5.51. The lowest BCUT2D eigenvalue weighted by molar-refractivity contribution is -0.149. The van der Waals surface area contributed by atoms with Gasteiger partial charge in [0.25, 0.3) is 0 Å². The number of nitrogens with one attached hydrogen (secondary N) is 3. The minimum Gasteiger partial charge on any atom is -0.480 e. The Morgan fingerprint density at radius 2 is 1.74 bits per heavy atom. The number of rotatable bonds is 9. The van der Waals surface area contributed by atoms with E-state index in [9.17, 15) is 24.3 Å². The quantitative estimate of drug-likeness (QED) is 0.266. The van der Waals surface area contributed by atoms with Gasteiger partial charge >= 0.3 is 5.97 Å². The summed E-state index contributed by atoms with van der Waals surface area (Å²) in [6, 6.07) is 4.25. The van der Waals surface area contributed by atoms with Crippen molar-refractivity contribution in [3.05, 3.63) is 54.2 Å². The molecule has 2 fully saturated rings. The highest BCUT2D eigenvalue weighted by Crippen LogP contribution is 2.23. The molecule has 2 saturated heterocycles. The molecule has 2 aliphatic heterocycles. The molecule has 12 nitrogen and oxygen atoms in total. The van der Waals surface area contributed by atoms with Crippen LogP contribution in [0.25, 0.3) is 10.9 Å². The first-order valence-electron chi connectivity index (χ1n) is 13.3. The summed E-state index contributed by atoms with van der Waals surface area (Å²) < 4.78 is 0. The number of benzene rings is 1. The number of likely N-dealkylation sites (tertiary alicyclic amines) is 2. The van der Waals surface area contributed by atoms with Crippen LogP contribution in [0.4, 0.5) is 0 Å². The molecule has 0 aliphatic carbocycles. The first-order chi connectivity index (χ1) is 18.8. The molecule has 4 unspecified atom stereocenters. The van der Waals surface area contributed by atoms with Crippen LogP contribution in [0.5, 0.6) is 0 Å². The first kappa shape index (κ1) is 26.4. The smallest absolute Gasteiger partial charge is 0.326 e. The number of carboxylic acids is 1. The van der Waals surface area contributed by atoms with E-state index in [1.54, 1.807) is 6.20 Å². The Kier molecular flexibility index (Phi) is 7.64. The zero-order valence-electron chi connectivity index (χ0n) is 21.5. The fourth-order valence-corrected chi connectivity index (χ4v) is 5.71. The predicted octanol–water partition coefficient (Wildman–Crippen LogP) is 0.555. The SMILES string of the molecule is NC(Cc1c[nH]c2ccccc12)C(=O)N1CCCC1C(=O)NC(Cc1cnc[nH]1)C(=O)N1CCCC1C(=O)O. The second kappa shape index (κ2) is 11.3. The van der Waals surface area contributed by atoms with Crippen molar-refractivity contribution in [3.63, 3.8) is 0 Å². The second-order valence-corrected chi connectivity index (χ2v) is 10.2.